The molecule has 0 saturated carbocycles. The average molecular weight is 250 g/mol. The van der Waals surface area contributed by atoms with Crippen LogP contribution in [0.15, 0.2) is 0 Å². The van der Waals surface area contributed by atoms with Crippen LogP contribution in [0.5, 0.6) is 0 Å². The molecule has 0 fully saturated rings. The van der Waals surface area contributed by atoms with Crippen LogP contribution in [0.2, 0.25) is 0 Å². The summed E-state index contributed by atoms with van der Waals surface area (Å²) in [6.45, 7) is 4.88. The van der Waals surface area contributed by atoms with E-state index in [1.807, 2.05) is 0 Å². The largest absolute Gasteiger partial charge is 0.466 e. The Kier molecular flexibility index (Phi) is 57.0. The smallest absolute Gasteiger partial charge is 0.394 e. The minimum Gasteiger partial charge on any atom is -0.394 e. The Morgan fingerprint density at radius 3 is 1.13 bits per heavy atom. The van der Waals surface area contributed by atoms with Gasteiger partial charge in [-0.15, -0.1) is 0 Å². The van der Waals surface area contributed by atoms with Gasteiger partial charge in [-0.1, -0.05) is 0 Å². The molecule has 0 aromatic carbocycles. The zero-order chi connectivity index (χ0) is 10.8. The summed E-state index contributed by atoms with van der Waals surface area (Å²) in [4.78, 5) is 21.6. The molecule has 0 aromatic heterocycles. The van der Waals surface area contributed by atoms with Crippen molar-refractivity contribution >= 4 is 7.82 Å². The average Bonchev–Trinajstić information content (AvgIpc) is 1.56. The fourth-order valence-corrected chi connectivity index (χ4v) is 0. The number of hydrogen-bond donors (Lipinski definition) is 7. The highest BCUT2D eigenvalue weighted by Gasteiger charge is 2.00. The van der Waals surface area contributed by atoms with E-state index in [9.17, 15) is 0 Å². The first-order chi connectivity index (χ1) is 5.15. The van der Waals surface area contributed by atoms with Crippen LogP contribution in [0.25, 0.3) is 0 Å². The van der Waals surface area contributed by atoms with E-state index in [2.05, 4.69) is 0 Å². The van der Waals surface area contributed by atoms with E-state index < -0.39 is 7.82 Å². The first kappa shape index (κ1) is 36.6. The molecule has 0 aliphatic heterocycles. The van der Waals surface area contributed by atoms with Gasteiger partial charge in [0, 0.05) is 13.0 Å². The second-order valence-corrected chi connectivity index (χ2v) is 2.86. The SMILES string of the molecule is CC#N.CC(C)O.N.N.N.O=P(O)(O)O. The zero-order valence-corrected chi connectivity index (χ0v) is 10.2. The third-order valence-corrected chi connectivity index (χ3v) is 0. The lowest BCUT2D eigenvalue weighted by molar-refractivity contribution is 0.216. The fourth-order valence-electron chi connectivity index (χ4n) is 0. The highest BCUT2D eigenvalue weighted by molar-refractivity contribution is 7.45. The van der Waals surface area contributed by atoms with Crippen LogP contribution in [-0.2, 0) is 4.57 Å². The Morgan fingerprint density at radius 2 is 1.13 bits per heavy atom. The molecule has 0 radical (unpaired) electrons. The number of aliphatic hydroxyl groups is 1. The lowest BCUT2D eigenvalue weighted by Crippen LogP contribution is -1.85. The van der Waals surface area contributed by atoms with Gasteiger partial charge in [0.05, 0.1) is 6.07 Å². The molecule has 0 heterocycles. The fraction of sp³-hybridized carbons (Fsp3) is 0.800. The maximum Gasteiger partial charge on any atom is 0.466 e. The maximum absolute atomic E-state index is 8.88. The van der Waals surface area contributed by atoms with Crippen LogP contribution in [0, 0.1) is 11.3 Å². The normalized spacial score (nSPS) is 6.87. The van der Waals surface area contributed by atoms with Crippen molar-refractivity contribution < 1.29 is 24.4 Å². The van der Waals surface area contributed by atoms with E-state index in [1.54, 1.807) is 19.9 Å². The van der Waals surface area contributed by atoms with Crippen molar-refractivity contribution in [3.8, 4) is 6.07 Å². The van der Waals surface area contributed by atoms with Gasteiger partial charge in [0.2, 0.25) is 0 Å². The maximum atomic E-state index is 8.88. The lowest BCUT2D eigenvalue weighted by atomic mass is 10.5. The van der Waals surface area contributed by atoms with Crippen molar-refractivity contribution in [3.05, 3.63) is 0 Å². The molecule has 15 heavy (non-hydrogen) atoms. The van der Waals surface area contributed by atoms with Gasteiger partial charge in [-0.25, -0.2) is 4.57 Å². The first-order valence-corrected chi connectivity index (χ1v) is 4.48. The van der Waals surface area contributed by atoms with Gasteiger partial charge in [-0.05, 0) is 13.8 Å². The molecule has 0 aliphatic carbocycles. The van der Waals surface area contributed by atoms with Crippen LogP contribution in [-0.4, -0.2) is 25.9 Å². The van der Waals surface area contributed by atoms with E-state index >= 15 is 0 Å². The number of nitriles is 1. The molecular formula is C5H23N4O5P. The van der Waals surface area contributed by atoms with Crippen molar-refractivity contribution in [2.75, 3.05) is 0 Å². The second-order valence-electron chi connectivity index (χ2n) is 1.83. The third-order valence-electron chi connectivity index (χ3n) is 0. The highest BCUT2D eigenvalue weighted by Crippen LogP contribution is 2.25. The molecule has 0 aromatic rings. The van der Waals surface area contributed by atoms with E-state index in [1.165, 1.54) is 6.92 Å². The van der Waals surface area contributed by atoms with Crippen LogP contribution < -0.4 is 18.5 Å². The van der Waals surface area contributed by atoms with Crippen molar-refractivity contribution in [3.63, 3.8) is 0 Å². The van der Waals surface area contributed by atoms with Gasteiger partial charge in [0.15, 0.2) is 0 Å². The van der Waals surface area contributed by atoms with E-state index in [4.69, 9.17) is 29.6 Å². The Labute approximate surface area is 89.7 Å². The van der Waals surface area contributed by atoms with Crippen LogP contribution in [0.3, 0.4) is 0 Å². The molecule has 98 valence electrons. The van der Waals surface area contributed by atoms with E-state index in [-0.39, 0.29) is 24.6 Å². The standard InChI is InChI=1S/C3H8O.C2H3N.3H3N.H3O4P/c1-3(2)4;1-2-3;;;;1-5(2,3)4/h3-4H,1-2H3;1H3;3*1H3;(H3,1,2,3,4). The molecule has 0 amide bonds. The summed E-state index contributed by atoms with van der Waals surface area (Å²) >= 11 is 0. The zero-order valence-electron chi connectivity index (χ0n) is 9.29. The molecule has 0 saturated heterocycles. The summed E-state index contributed by atoms with van der Waals surface area (Å²) in [5, 5.41) is 15.4. The Bertz CT molecular complexity index is 154. The summed E-state index contributed by atoms with van der Waals surface area (Å²) in [5.41, 5.74) is 0. The van der Waals surface area contributed by atoms with Crippen LogP contribution in [0.4, 0.5) is 0 Å². The van der Waals surface area contributed by atoms with E-state index in [0.29, 0.717) is 0 Å². The minimum atomic E-state index is -4.64. The number of phosphoric acid groups is 1. The Hall–Kier alpha value is -0.560. The summed E-state index contributed by atoms with van der Waals surface area (Å²) in [6.07, 6.45) is -0.167. The van der Waals surface area contributed by atoms with Gasteiger partial charge in [0.1, 0.15) is 0 Å². The highest BCUT2D eigenvalue weighted by atomic mass is 31.2. The van der Waals surface area contributed by atoms with Gasteiger partial charge in [-0.3, -0.25) is 0 Å². The van der Waals surface area contributed by atoms with Gasteiger partial charge in [-0.2, -0.15) is 5.26 Å². The molecule has 13 N–H and O–H groups in total. The van der Waals surface area contributed by atoms with Gasteiger partial charge in [0.25, 0.3) is 0 Å². The summed E-state index contributed by atoms with van der Waals surface area (Å²) < 4.78 is 8.88. The third kappa shape index (κ3) is 5610. The predicted molar refractivity (Wildman–Crippen MR) is 58.0 cm³/mol. The molecule has 0 atom stereocenters. The quantitative estimate of drug-likeness (QED) is 0.296. The molecule has 0 bridgehead atoms. The van der Waals surface area contributed by atoms with Crippen molar-refractivity contribution in [1.82, 2.24) is 18.5 Å². The second kappa shape index (κ2) is 23.3. The number of nitrogens with zero attached hydrogens (tertiary/aromatic N) is 1. The summed E-state index contributed by atoms with van der Waals surface area (Å²) in [5.74, 6) is 0. The molecule has 0 spiro atoms. The Morgan fingerprint density at radius 1 is 1.13 bits per heavy atom. The molecule has 0 unspecified atom stereocenters. The number of aliphatic hydroxyl groups excluding tert-OH is 1. The van der Waals surface area contributed by atoms with Crippen LogP contribution in [0.1, 0.15) is 20.8 Å². The summed E-state index contributed by atoms with van der Waals surface area (Å²) in [6, 6.07) is 1.75. The van der Waals surface area contributed by atoms with E-state index in [0.717, 1.165) is 0 Å². The Balaban J connectivity index is -0.0000000189. The van der Waals surface area contributed by atoms with Gasteiger partial charge >= 0.3 is 7.82 Å². The minimum absolute atomic E-state index is 0. The lowest BCUT2D eigenvalue weighted by Gasteiger charge is -1.82. The first-order valence-electron chi connectivity index (χ1n) is 2.92. The topological polar surface area (TPSA) is 227 Å². The predicted octanol–water partition coefficient (Wildman–Crippen LogP) is 0.474. The number of rotatable bonds is 0. The molecule has 10 heteroatoms. The molecule has 9 nitrogen and oxygen atoms in total. The molecular weight excluding hydrogens is 227 g/mol. The molecule has 0 rings (SSSR count). The molecule has 0 aliphatic rings. The van der Waals surface area contributed by atoms with Crippen molar-refractivity contribution in [2.45, 2.75) is 26.9 Å². The monoisotopic (exact) mass is 250 g/mol. The van der Waals surface area contributed by atoms with Crippen molar-refractivity contribution in [2.24, 2.45) is 0 Å². The number of hydrogen-bond acceptors (Lipinski definition) is 6. The van der Waals surface area contributed by atoms with Crippen LogP contribution >= 0.6 is 7.82 Å². The van der Waals surface area contributed by atoms with Crippen molar-refractivity contribution in [1.29, 1.82) is 5.26 Å². The summed E-state index contributed by atoms with van der Waals surface area (Å²) in [7, 11) is -4.64. The van der Waals surface area contributed by atoms with Gasteiger partial charge < -0.3 is 38.2 Å².